The molecule has 0 aliphatic rings. The van der Waals surface area contributed by atoms with Crippen molar-refractivity contribution >= 4 is 22.4 Å². The molecular weight excluding hydrogens is 345 g/mol. The zero-order valence-corrected chi connectivity index (χ0v) is 14.2. The van der Waals surface area contributed by atoms with Crippen LogP contribution >= 0.6 is 11.6 Å². The van der Waals surface area contributed by atoms with Gasteiger partial charge in [-0.1, -0.05) is 61.1 Å². The lowest BCUT2D eigenvalue weighted by atomic mass is 10.0. The second-order valence-electron chi connectivity index (χ2n) is 5.74. The average Bonchev–Trinajstić information content (AvgIpc) is 2.59. The van der Waals surface area contributed by atoms with Crippen molar-refractivity contribution in [3.05, 3.63) is 81.6 Å². The summed E-state index contributed by atoms with van der Waals surface area (Å²) in [4.78, 5) is 0. The van der Waals surface area contributed by atoms with Gasteiger partial charge in [0.25, 0.3) is 0 Å². The second-order valence-corrected chi connectivity index (χ2v) is 6.11. The molecule has 0 amide bonds. The third-order valence-electron chi connectivity index (χ3n) is 3.88. The fourth-order valence-corrected chi connectivity index (χ4v) is 2.93. The summed E-state index contributed by atoms with van der Waals surface area (Å²) in [6, 6.07) is 11.5. The highest BCUT2D eigenvalue weighted by Gasteiger charge is 2.09. The van der Waals surface area contributed by atoms with Gasteiger partial charge in [-0.3, -0.25) is 0 Å². The Morgan fingerprint density at radius 2 is 1.64 bits per heavy atom. The summed E-state index contributed by atoms with van der Waals surface area (Å²) in [5.41, 5.74) is 1.83. The molecule has 126 valence electrons. The molecule has 0 bridgehead atoms. The van der Waals surface area contributed by atoms with E-state index in [1.165, 1.54) is 5.56 Å². The number of rotatable bonds is 2. The van der Waals surface area contributed by atoms with Gasteiger partial charge in [0.1, 0.15) is 0 Å². The highest BCUT2D eigenvalue weighted by molar-refractivity contribution is 6.36. The zero-order valence-electron chi connectivity index (χ0n) is 13.5. The maximum Gasteiger partial charge on any atom is 0.194 e. The fraction of sp³-hybridized carbons (Fsp3) is 0.143. The number of hydrogen-bond donors (Lipinski definition) is 0. The van der Waals surface area contributed by atoms with Crippen LogP contribution in [0.1, 0.15) is 30.0 Å². The lowest BCUT2D eigenvalue weighted by molar-refractivity contribution is 0.446. The Labute approximate surface area is 149 Å². The minimum atomic E-state index is -1.50. The molecule has 0 aliphatic heterocycles. The Balaban J connectivity index is 2.00. The van der Waals surface area contributed by atoms with E-state index in [1.54, 1.807) is 6.07 Å². The molecule has 0 spiro atoms. The molecule has 0 fully saturated rings. The zero-order chi connectivity index (χ0) is 18.0. The van der Waals surface area contributed by atoms with Crippen LogP contribution in [0, 0.1) is 29.3 Å². The summed E-state index contributed by atoms with van der Waals surface area (Å²) in [6.45, 7) is 2.12. The number of fused-ring (bicyclic) bond motifs is 1. The molecule has 4 heteroatoms. The molecule has 0 heterocycles. The van der Waals surface area contributed by atoms with Crippen molar-refractivity contribution in [3.8, 4) is 11.8 Å². The monoisotopic (exact) mass is 358 g/mol. The third-order valence-corrected chi connectivity index (χ3v) is 4.29. The number of benzene rings is 3. The van der Waals surface area contributed by atoms with Gasteiger partial charge in [-0.15, -0.1) is 0 Å². The molecule has 0 unspecified atom stereocenters. The second kappa shape index (κ2) is 7.21. The van der Waals surface area contributed by atoms with E-state index < -0.39 is 17.5 Å². The molecule has 0 N–H and O–H groups in total. The van der Waals surface area contributed by atoms with E-state index in [1.807, 2.05) is 18.2 Å². The van der Waals surface area contributed by atoms with Crippen molar-refractivity contribution in [1.29, 1.82) is 0 Å². The predicted octanol–water partition coefficient (Wildman–Crippen LogP) is 6.26. The molecule has 0 aliphatic carbocycles. The summed E-state index contributed by atoms with van der Waals surface area (Å²) in [5.74, 6) is 1.39. The predicted molar refractivity (Wildman–Crippen MR) is 95.2 cm³/mol. The van der Waals surface area contributed by atoms with Crippen LogP contribution in [0.5, 0.6) is 0 Å². The average molecular weight is 359 g/mol. The van der Waals surface area contributed by atoms with Crippen LogP contribution in [-0.2, 0) is 6.42 Å². The molecule has 0 nitrogen and oxygen atoms in total. The summed E-state index contributed by atoms with van der Waals surface area (Å²) in [6.07, 6.45) is 2.06. The van der Waals surface area contributed by atoms with Gasteiger partial charge in [0.15, 0.2) is 17.5 Å². The van der Waals surface area contributed by atoms with Crippen molar-refractivity contribution in [2.75, 3.05) is 0 Å². The van der Waals surface area contributed by atoms with Crippen LogP contribution in [0.25, 0.3) is 10.8 Å². The molecular formula is C21H14ClF3. The SMILES string of the molecule is CCCc1ccc2c(Cl)c(C#Cc3cc(F)c(F)c(F)c3)ccc2c1. The Bertz CT molecular complexity index is 990. The lowest BCUT2D eigenvalue weighted by Gasteiger charge is -2.06. The highest BCUT2D eigenvalue weighted by Crippen LogP contribution is 2.28. The van der Waals surface area contributed by atoms with Crippen LogP contribution in [-0.4, -0.2) is 0 Å². The van der Waals surface area contributed by atoms with Crippen LogP contribution in [0.15, 0.2) is 42.5 Å². The Hall–Kier alpha value is -2.44. The Kier molecular flexibility index (Phi) is 5.01. The molecule has 0 atom stereocenters. The summed E-state index contributed by atoms with van der Waals surface area (Å²) < 4.78 is 39.5. The van der Waals surface area contributed by atoms with Gasteiger partial charge in [0.2, 0.25) is 0 Å². The quantitative estimate of drug-likeness (QED) is 0.374. The first-order chi connectivity index (χ1) is 12.0. The van der Waals surface area contributed by atoms with E-state index in [9.17, 15) is 13.2 Å². The van der Waals surface area contributed by atoms with Gasteiger partial charge in [-0.2, -0.15) is 0 Å². The van der Waals surface area contributed by atoms with Gasteiger partial charge < -0.3 is 0 Å². The minimum absolute atomic E-state index is 0.0471. The minimum Gasteiger partial charge on any atom is -0.204 e. The topological polar surface area (TPSA) is 0 Å². The smallest absolute Gasteiger partial charge is 0.194 e. The molecule has 0 saturated heterocycles. The van der Waals surface area contributed by atoms with Crippen LogP contribution < -0.4 is 0 Å². The number of hydrogen-bond acceptors (Lipinski definition) is 0. The Morgan fingerprint density at radius 3 is 2.32 bits per heavy atom. The van der Waals surface area contributed by atoms with Crippen LogP contribution in [0.2, 0.25) is 5.02 Å². The van der Waals surface area contributed by atoms with Gasteiger partial charge in [-0.05, 0) is 35.6 Å². The lowest BCUT2D eigenvalue weighted by Crippen LogP contribution is -1.91. The highest BCUT2D eigenvalue weighted by atomic mass is 35.5. The number of aryl methyl sites for hydroxylation is 1. The summed E-state index contributed by atoms with van der Waals surface area (Å²) in [7, 11) is 0. The molecule has 3 rings (SSSR count). The van der Waals surface area contributed by atoms with Crippen molar-refractivity contribution < 1.29 is 13.2 Å². The normalized spacial score (nSPS) is 10.6. The molecule has 0 radical (unpaired) electrons. The van der Waals surface area contributed by atoms with E-state index >= 15 is 0 Å². The first-order valence-corrected chi connectivity index (χ1v) is 8.25. The van der Waals surface area contributed by atoms with E-state index in [-0.39, 0.29) is 5.56 Å². The molecule has 3 aromatic rings. The van der Waals surface area contributed by atoms with E-state index in [4.69, 9.17) is 11.6 Å². The van der Waals surface area contributed by atoms with E-state index in [2.05, 4.69) is 24.8 Å². The van der Waals surface area contributed by atoms with E-state index in [0.717, 1.165) is 35.7 Å². The molecule has 25 heavy (non-hydrogen) atoms. The maximum absolute atomic E-state index is 13.2. The Morgan fingerprint density at radius 1 is 0.920 bits per heavy atom. The van der Waals surface area contributed by atoms with Gasteiger partial charge in [0.05, 0.1) is 5.02 Å². The van der Waals surface area contributed by atoms with E-state index in [0.29, 0.717) is 10.6 Å². The summed E-state index contributed by atoms with van der Waals surface area (Å²) in [5, 5.41) is 2.36. The summed E-state index contributed by atoms with van der Waals surface area (Å²) >= 11 is 6.41. The molecule has 0 aromatic heterocycles. The maximum atomic E-state index is 13.2. The first-order valence-electron chi connectivity index (χ1n) is 7.87. The molecule has 0 saturated carbocycles. The largest absolute Gasteiger partial charge is 0.204 e. The first kappa shape index (κ1) is 17.4. The fourth-order valence-electron chi connectivity index (χ4n) is 2.65. The third kappa shape index (κ3) is 3.65. The standard InChI is InChI=1S/C21H14ClF3/c1-2-3-13-5-9-17-16(10-13)8-7-15(20(17)22)6-4-14-11-18(23)21(25)19(24)12-14/h5,7-12H,2-3H2,1H3. The van der Waals surface area contributed by atoms with Gasteiger partial charge >= 0.3 is 0 Å². The van der Waals surface area contributed by atoms with Gasteiger partial charge in [0, 0.05) is 16.5 Å². The van der Waals surface area contributed by atoms with Crippen LogP contribution in [0.4, 0.5) is 13.2 Å². The van der Waals surface area contributed by atoms with Crippen molar-refractivity contribution in [1.82, 2.24) is 0 Å². The van der Waals surface area contributed by atoms with Crippen molar-refractivity contribution in [3.63, 3.8) is 0 Å². The van der Waals surface area contributed by atoms with Crippen molar-refractivity contribution in [2.24, 2.45) is 0 Å². The van der Waals surface area contributed by atoms with Crippen LogP contribution in [0.3, 0.4) is 0 Å². The van der Waals surface area contributed by atoms with Crippen molar-refractivity contribution in [2.45, 2.75) is 19.8 Å². The number of halogens is 4. The molecule has 3 aromatic carbocycles. The van der Waals surface area contributed by atoms with Gasteiger partial charge in [-0.25, -0.2) is 13.2 Å².